The molecule has 118 valence electrons. The van der Waals surface area contributed by atoms with Gasteiger partial charge in [-0.1, -0.05) is 19.8 Å². The summed E-state index contributed by atoms with van der Waals surface area (Å²) in [6.07, 6.45) is 4.67. The Hall–Kier alpha value is 0.135. The normalized spacial score (nSPS) is 31.1. The van der Waals surface area contributed by atoms with E-state index in [4.69, 9.17) is 15.2 Å². The summed E-state index contributed by atoms with van der Waals surface area (Å²) in [5, 5.41) is 3.34. The number of hydrogen-bond acceptors (Lipinski definition) is 4. The molecule has 0 amide bonds. The second kappa shape index (κ2) is 8.55. The second-order valence-electron chi connectivity index (χ2n) is 5.88. The van der Waals surface area contributed by atoms with Gasteiger partial charge in [0, 0.05) is 25.3 Å². The SMILES string of the molecule is B[C@H]1CC(NP(=O)(CCCCC)C(C)N)[C@@H](COC)O1. The molecule has 1 saturated heterocycles. The first-order valence-corrected chi connectivity index (χ1v) is 9.65. The molecule has 5 atom stereocenters. The van der Waals surface area contributed by atoms with Crippen LogP contribution in [-0.4, -0.2) is 51.7 Å². The van der Waals surface area contributed by atoms with E-state index in [2.05, 4.69) is 12.0 Å². The molecule has 3 unspecified atom stereocenters. The van der Waals surface area contributed by atoms with Crippen molar-refractivity contribution in [2.75, 3.05) is 19.9 Å². The van der Waals surface area contributed by atoms with Crippen LogP contribution in [0.3, 0.4) is 0 Å². The fraction of sp³-hybridized carbons (Fsp3) is 1.00. The molecule has 7 heteroatoms. The van der Waals surface area contributed by atoms with Crippen LogP contribution in [0.4, 0.5) is 0 Å². The smallest absolute Gasteiger partial charge is 0.163 e. The second-order valence-corrected chi connectivity index (χ2v) is 8.99. The van der Waals surface area contributed by atoms with Gasteiger partial charge < -0.3 is 19.8 Å². The van der Waals surface area contributed by atoms with Gasteiger partial charge in [0.1, 0.15) is 7.85 Å². The van der Waals surface area contributed by atoms with Gasteiger partial charge in [-0.2, -0.15) is 0 Å². The van der Waals surface area contributed by atoms with E-state index in [-0.39, 0.29) is 23.9 Å². The van der Waals surface area contributed by atoms with Crippen LogP contribution in [0.2, 0.25) is 0 Å². The summed E-state index contributed by atoms with van der Waals surface area (Å²) in [4.78, 5) is 0. The molecule has 0 aromatic carbocycles. The maximum atomic E-state index is 13.1. The summed E-state index contributed by atoms with van der Waals surface area (Å²) in [5.41, 5.74) is 5.99. The lowest BCUT2D eigenvalue weighted by Gasteiger charge is -2.29. The van der Waals surface area contributed by atoms with Crippen molar-refractivity contribution in [1.29, 1.82) is 0 Å². The standard InChI is InChI=1S/C13H30BN2O3P/c1-4-5-6-7-20(17,10(2)15)16-11-8-13(14)19-12(11)9-18-3/h10-13H,4-9,14-15H2,1-3H3,(H,16,17)/t10?,11?,12-,13-,20?/m1/s1. The highest BCUT2D eigenvalue weighted by Crippen LogP contribution is 2.47. The van der Waals surface area contributed by atoms with Gasteiger partial charge in [-0.05, 0) is 19.8 Å². The van der Waals surface area contributed by atoms with Crippen molar-refractivity contribution in [3.63, 3.8) is 0 Å². The number of rotatable bonds is 9. The third-order valence-corrected chi connectivity index (χ3v) is 6.97. The molecule has 1 rings (SSSR count). The molecule has 1 fully saturated rings. The maximum absolute atomic E-state index is 13.1. The summed E-state index contributed by atoms with van der Waals surface area (Å²) in [7, 11) is 1.14. The molecule has 0 saturated carbocycles. The lowest BCUT2D eigenvalue weighted by molar-refractivity contribution is 0.0183. The summed E-state index contributed by atoms with van der Waals surface area (Å²) < 4.78 is 24.1. The number of ether oxygens (including phenoxy) is 2. The molecule has 1 heterocycles. The van der Waals surface area contributed by atoms with Crippen LogP contribution in [0, 0.1) is 0 Å². The van der Waals surface area contributed by atoms with Crippen molar-refractivity contribution in [1.82, 2.24) is 5.09 Å². The number of nitrogens with two attached hydrogens (primary N) is 1. The monoisotopic (exact) mass is 304 g/mol. The van der Waals surface area contributed by atoms with Gasteiger partial charge in [-0.15, -0.1) is 0 Å². The van der Waals surface area contributed by atoms with Crippen LogP contribution in [0.25, 0.3) is 0 Å². The van der Waals surface area contributed by atoms with Crippen LogP contribution in [0.1, 0.15) is 39.5 Å². The zero-order valence-corrected chi connectivity index (χ0v) is 14.2. The Labute approximate surface area is 124 Å². The predicted octanol–water partition coefficient (Wildman–Crippen LogP) is 1.11. The van der Waals surface area contributed by atoms with Gasteiger partial charge in [0.2, 0.25) is 0 Å². The Bertz CT molecular complexity index is 331. The molecule has 20 heavy (non-hydrogen) atoms. The van der Waals surface area contributed by atoms with Gasteiger partial charge in [-0.25, -0.2) is 0 Å². The Kier molecular flexibility index (Phi) is 7.77. The van der Waals surface area contributed by atoms with Crippen molar-refractivity contribution in [2.24, 2.45) is 5.73 Å². The van der Waals surface area contributed by atoms with E-state index in [1.54, 1.807) is 7.11 Å². The van der Waals surface area contributed by atoms with Gasteiger partial charge in [0.15, 0.2) is 7.29 Å². The lowest BCUT2D eigenvalue weighted by atomic mass is 9.95. The highest BCUT2D eigenvalue weighted by Gasteiger charge is 2.38. The van der Waals surface area contributed by atoms with Crippen molar-refractivity contribution >= 4 is 15.1 Å². The predicted molar refractivity (Wildman–Crippen MR) is 86.3 cm³/mol. The van der Waals surface area contributed by atoms with Crippen LogP contribution in [0.15, 0.2) is 0 Å². The Morgan fingerprint density at radius 3 is 2.80 bits per heavy atom. The largest absolute Gasteiger partial charge is 0.382 e. The van der Waals surface area contributed by atoms with E-state index >= 15 is 0 Å². The van der Waals surface area contributed by atoms with E-state index in [9.17, 15) is 4.57 Å². The Morgan fingerprint density at radius 1 is 1.55 bits per heavy atom. The van der Waals surface area contributed by atoms with E-state index in [1.807, 2.05) is 14.8 Å². The topological polar surface area (TPSA) is 73.6 Å². The van der Waals surface area contributed by atoms with Crippen molar-refractivity contribution in [3.8, 4) is 0 Å². The highest BCUT2D eigenvalue weighted by atomic mass is 31.2. The quantitative estimate of drug-likeness (QED) is 0.379. The van der Waals surface area contributed by atoms with Gasteiger partial charge in [-0.3, -0.25) is 5.09 Å². The molecular weight excluding hydrogens is 274 g/mol. The first-order valence-electron chi connectivity index (χ1n) is 7.69. The van der Waals surface area contributed by atoms with Crippen LogP contribution in [-0.2, 0) is 14.0 Å². The number of methoxy groups -OCH3 is 1. The third-order valence-electron chi connectivity index (χ3n) is 3.91. The molecular formula is C13H30BN2O3P. The molecule has 0 spiro atoms. The van der Waals surface area contributed by atoms with Gasteiger partial charge in [0.25, 0.3) is 0 Å². The molecule has 0 aliphatic carbocycles. The van der Waals surface area contributed by atoms with E-state index < -0.39 is 7.29 Å². The van der Waals surface area contributed by atoms with Gasteiger partial charge >= 0.3 is 0 Å². The lowest BCUT2D eigenvalue weighted by Crippen LogP contribution is -2.40. The first-order chi connectivity index (χ1) is 9.42. The van der Waals surface area contributed by atoms with Crippen molar-refractivity contribution in [2.45, 2.75) is 63.5 Å². The van der Waals surface area contributed by atoms with E-state index in [0.717, 1.165) is 25.7 Å². The number of hydrogen-bond donors (Lipinski definition) is 2. The van der Waals surface area contributed by atoms with Crippen molar-refractivity contribution in [3.05, 3.63) is 0 Å². The van der Waals surface area contributed by atoms with E-state index in [1.165, 1.54) is 0 Å². The molecule has 3 N–H and O–H groups in total. The third kappa shape index (κ3) is 5.16. The minimum atomic E-state index is -2.57. The number of nitrogens with one attached hydrogen (secondary N) is 1. The highest BCUT2D eigenvalue weighted by molar-refractivity contribution is 7.62. The van der Waals surface area contributed by atoms with Crippen molar-refractivity contribution < 1.29 is 14.0 Å². The van der Waals surface area contributed by atoms with Crippen LogP contribution >= 0.6 is 7.29 Å². The summed E-state index contributed by atoms with van der Waals surface area (Å²) in [5.74, 6) is -0.321. The average Bonchev–Trinajstić information content (AvgIpc) is 2.70. The number of unbranched alkanes of at least 4 members (excludes halogenated alkanes) is 2. The minimum absolute atomic E-state index is 0.0340. The molecule has 0 aromatic heterocycles. The Morgan fingerprint density at radius 2 is 2.25 bits per heavy atom. The molecule has 0 radical (unpaired) electrons. The summed E-state index contributed by atoms with van der Waals surface area (Å²) >= 11 is 0. The molecule has 0 aromatic rings. The maximum Gasteiger partial charge on any atom is 0.163 e. The zero-order chi connectivity index (χ0) is 15.2. The van der Waals surface area contributed by atoms with E-state index in [0.29, 0.717) is 12.8 Å². The molecule has 0 bridgehead atoms. The summed E-state index contributed by atoms with van der Waals surface area (Å²) in [6, 6.07) is 0.244. The zero-order valence-electron chi connectivity index (χ0n) is 13.3. The molecule has 1 aliphatic heterocycles. The summed E-state index contributed by atoms with van der Waals surface area (Å²) in [6.45, 7) is 4.51. The van der Waals surface area contributed by atoms with Crippen LogP contribution < -0.4 is 10.8 Å². The minimum Gasteiger partial charge on any atom is -0.382 e. The first kappa shape index (κ1) is 18.2. The van der Waals surface area contributed by atoms with Gasteiger partial charge in [0.05, 0.1) is 18.5 Å². The Balaban J connectivity index is 2.66. The molecule has 5 nitrogen and oxygen atoms in total. The molecule has 1 aliphatic rings. The van der Waals surface area contributed by atoms with Crippen LogP contribution in [0.5, 0.6) is 0 Å². The average molecular weight is 304 g/mol. The fourth-order valence-electron chi connectivity index (χ4n) is 2.68. The fourth-order valence-corrected chi connectivity index (χ4v) is 4.97.